The maximum Gasteiger partial charge on any atom is 0.407 e. The third-order valence-electron chi connectivity index (χ3n) is 6.30. The summed E-state index contributed by atoms with van der Waals surface area (Å²) in [6.07, 6.45) is 1.25. The summed E-state index contributed by atoms with van der Waals surface area (Å²) in [6.45, 7) is 2.51. The van der Waals surface area contributed by atoms with E-state index in [4.69, 9.17) is 4.74 Å². The molecule has 0 bridgehead atoms. The van der Waals surface area contributed by atoms with E-state index in [-0.39, 0.29) is 19.1 Å². The van der Waals surface area contributed by atoms with Crippen molar-refractivity contribution in [3.8, 4) is 11.1 Å². The molecule has 0 unspecified atom stereocenters. The zero-order chi connectivity index (χ0) is 25.1. The van der Waals surface area contributed by atoms with Crippen LogP contribution in [0.4, 0.5) is 4.79 Å². The van der Waals surface area contributed by atoms with E-state index in [0.29, 0.717) is 6.54 Å². The number of alkyl carbamates (subject to hydrolysis) is 1. The fourth-order valence-corrected chi connectivity index (χ4v) is 6.30. The number of hydrogen-bond donors (Lipinski definition) is 2. The number of aliphatic hydroxyl groups excluding tert-OH is 1. The monoisotopic (exact) mass is 560 g/mol. The molecule has 1 aliphatic rings. The van der Waals surface area contributed by atoms with Crippen molar-refractivity contribution in [1.29, 1.82) is 0 Å². The summed E-state index contributed by atoms with van der Waals surface area (Å²) in [6, 6.07) is 24.3. The van der Waals surface area contributed by atoms with Crippen LogP contribution in [0.1, 0.15) is 33.7 Å². The first-order chi connectivity index (χ1) is 17.5. The molecule has 1 amide bonds. The summed E-state index contributed by atoms with van der Waals surface area (Å²) in [7, 11) is 0. The molecule has 1 aliphatic carbocycles. The number of benzene rings is 3. The van der Waals surface area contributed by atoms with Gasteiger partial charge in [-0.1, -0.05) is 82.3 Å². The van der Waals surface area contributed by atoms with Crippen LogP contribution < -0.4 is 5.32 Å². The molecule has 1 heterocycles. The molecule has 0 saturated heterocycles. The molecule has 4 aromatic rings. The number of nitrogens with zero attached hydrogens (tertiary/aromatic N) is 1. The smallest absolute Gasteiger partial charge is 0.407 e. The van der Waals surface area contributed by atoms with E-state index in [1.807, 2.05) is 55.5 Å². The second-order valence-electron chi connectivity index (χ2n) is 8.62. The predicted octanol–water partition coefficient (Wildman–Crippen LogP) is 6.83. The van der Waals surface area contributed by atoms with Crippen molar-refractivity contribution in [2.75, 3.05) is 6.61 Å². The van der Waals surface area contributed by atoms with Gasteiger partial charge in [-0.15, -0.1) is 0 Å². The second kappa shape index (κ2) is 10.9. The lowest BCUT2D eigenvalue weighted by Gasteiger charge is -2.16. The van der Waals surface area contributed by atoms with E-state index in [0.717, 1.165) is 31.1 Å². The number of halogens is 1. The third kappa shape index (κ3) is 5.05. The summed E-state index contributed by atoms with van der Waals surface area (Å²) in [4.78, 5) is 18.2. The number of hydrogen-bond acceptors (Lipinski definition) is 5. The molecule has 0 spiro atoms. The normalized spacial score (nSPS) is 12.2. The highest BCUT2D eigenvalue weighted by Crippen LogP contribution is 2.44. The van der Waals surface area contributed by atoms with E-state index in [9.17, 15) is 9.90 Å². The SMILES string of the molecule is Cc1cc(Br)cc(CNC(=O)OCC2c3ccccc3-c3ccccc32)c1Sc1ncccc1CO. The summed E-state index contributed by atoms with van der Waals surface area (Å²) >= 11 is 5.05. The fourth-order valence-electron chi connectivity index (χ4n) is 4.63. The molecule has 0 fully saturated rings. The molecule has 0 atom stereocenters. The number of nitrogens with one attached hydrogen (secondary N) is 1. The largest absolute Gasteiger partial charge is 0.449 e. The highest BCUT2D eigenvalue weighted by atomic mass is 79.9. The van der Waals surface area contributed by atoms with Gasteiger partial charge in [0.2, 0.25) is 0 Å². The first kappa shape index (κ1) is 24.6. The first-order valence-corrected chi connectivity index (χ1v) is 13.3. The Morgan fingerprint density at radius 1 is 1.03 bits per heavy atom. The average molecular weight is 562 g/mol. The molecule has 0 radical (unpaired) electrons. The number of fused-ring (bicyclic) bond motifs is 3. The number of aryl methyl sites for hydroxylation is 1. The van der Waals surface area contributed by atoms with Crippen molar-refractivity contribution in [2.45, 2.75) is 35.9 Å². The number of amides is 1. The molecule has 7 heteroatoms. The Morgan fingerprint density at radius 3 is 2.42 bits per heavy atom. The Kier molecular flexibility index (Phi) is 7.41. The van der Waals surface area contributed by atoms with Gasteiger partial charge in [-0.25, -0.2) is 9.78 Å². The van der Waals surface area contributed by atoms with Gasteiger partial charge in [0.25, 0.3) is 0 Å². The third-order valence-corrected chi connectivity index (χ3v) is 8.11. The quantitative estimate of drug-likeness (QED) is 0.259. The molecule has 182 valence electrons. The lowest BCUT2D eigenvalue weighted by Crippen LogP contribution is -2.26. The number of carbonyl (C=O) groups is 1. The minimum Gasteiger partial charge on any atom is -0.449 e. The van der Waals surface area contributed by atoms with E-state index in [2.05, 4.69) is 50.5 Å². The molecule has 2 N–H and O–H groups in total. The predicted molar refractivity (Wildman–Crippen MR) is 145 cm³/mol. The van der Waals surface area contributed by atoms with Gasteiger partial charge in [0.15, 0.2) is 0 Å². The van der Waals surface area contributed by atoms with Gasteiger partial charge < -0.3 is 15.2 Å². The van der Waals surface area contributed by atoms with Crippen LogP contribution in [-0.4, -0.2) is 22.8 Å². The van der Waals surface area contributed by atoms with Crippen LogP contribution in [0.25, 0.3) is 11.1 Å². The average Bonchev–Trinajstić information content (AvgIpc) is 3.22. The van der Waals surface area contributed by atoms with Crippen LogP contribution in [0.3, 0.4) is 0 Å². The Balaban J connectivity index is 1.28. The minimum atomic E-state index is -0.459. The van der Waals surface area contributed by atoms with Gasteiger partial charge in [-0.3, -0.25) is 0 Å². The maximum absolute atomic E-state index is 12.7. The highest BCUT2D eigenvalue weighted by molar-refractivity contribution is 9.10. The van der Waals surface area contributed by atoms with Crippen molar-refractivity contribution < 1.29 is 14.6 Å². The number of pyridine rings is 1. The summed E-state index contributed by atoms with van der Waals surface area (Å²) in [5.74, 6) is 0.0171. The van der Waals surface area contributed by atoms with E-state index < -0.39 is 6.09 Å². The molecule has 3 aromatic carbocycles. The van der Waals surface area contributed by atoms with E-state index >= 15 is 0 Å². The molecule has 1 aromatic heterocycles. The van der Waals surface area contributed by atoms with Crippen LogP contribution in [0.2, 0.25) is 0 Å². The second-order valence-corrected chi connectivity index (χ2v) is 10.5. The van der Waals surface area contributed by atoms with Gasteiger partial charge in [0.1, 0.15) is 11.6 Å². The number of rotatable bonds is 7. The molecular weight excluding hydrogens is 536 g/mol. The zero-order valence-corrected chi connectivity index (χ0v) is 22.1. The van der Waals surface area contributed by atoms with Gasteiger partial charge in [0.05, 0.1) is 6.61 Å². The number of carbonyl (C=O) groups excluding carboxylic acids is 1. The highest BCUT2D eigenvalue weighted by Gasteiger charge is 2.29. The van der Waals surface area contributed by atoms with Crippen molar-refractivity contribution in [1.82, 2.24) is 10.3 Å². The van der Waals surface area contributed by atoms with Crippen molar-refractivity contribution in [2.24, 2.45) is 0 Å². The van der Waals surface area contributed by atoms with Crippen LogP contribution in [0.15, 0.2) is 93.4 Å². The summed E-state index contributed by atoms with van der Waals surface area (Å²) < 4.78 is 6.63. The number of aromatic nitrogens is 1. The molecule has 5 nitrogen and oxygen atoms in total. The zero-order valence-electron chi connectivity index (χ0n) is 19.7. The lowest BCUT2D eigenvalue weighted by molar-refractivity contribution is 0.142. The summed E-state index contributed by atoms with van der Waals surface area (Å²) in [5.41, 5.74) is 7.52. The lowest BCUT2D eigenvalue weighted by atomic mass is 9.98. The Morgan fingerprint density at radius 2 is 1.72 bits per heavy atom. The van der Waals surface area contributed by atoms with Gasteiger partial charge in [0, 0.05) is 33.6 Å². The van der Waals surface area contributed by atoms with Crippen LogP contribution in [-0.2, 0) is 17.9 Å². The van der Waals surface area contributed by atoms with Crippen molar-refractivity contribution >= 4 is 33.8 Å². The Labute approximate surface area is 223 Å². The minimum absolute atomic E-state index is 0.0171. The standard InChI is InChI=1S/C29H25BrN2O3S/c1-18-13-21(30)14-20(27(18)36-28-19(16-33)7-6-12-31-28)15-32-29(34)35-17-26-24-10-4-2-8-22(24)23-9-3-5-11-25(23)26/h2-14,26,33H,15-17H2,1H3,(H,32,34). The van der Waals surface area contributed by atoms with E-state index in [1.165, 1.54) is 34.0 Å². The number of aliphatic hydroxyl groups is 1. The molecular formula is C29H25BrN2O3S. The van der Waals surface area contributed by atoms with Gasteiger partial charge in [-0.2, -0.15) is 0 Å². The first-order valence-electron chi connectivity index (χ1n) is 11.7. The molecule has 36 heavy (non-hydrogen) atoms. The number of ether oxygens (including phenoxy) is 1. The van der Waals surface area contributed by atoms with Crippen LogP contribution >= 0.6 is 27.7 Å². The molecule has 5 rings (SSSR count). The Bertz CT molecular complexity index is 1380. The van der Waals surface area contributed by atoms with Crippen LogP contribution in [0.5, 0.6) is 0 Å². The fraction of sp³-hybridized carbons (Fsp3) is 0.172. The topological polar surface area (TPSA) is 71.5 Å². The van der Waals surface area contributed by atoms with E-state index in [1.54, 1.807) is 6.20 Å². The Hall–Kier alpha value is -3.13. The van der Waals surface area contributed by atoms with Gasteiger partial charge >= 0.3 is 6.09 Å². The van der Waals surface area contributed by atoms with Crippen LogP contribution in [0, 0.1) is 6.92 Å². The summed E-state index contributed by atoms with van der Waals surface area (Å²) in [5, 5.41) is 13.4. The van der Waals surface area contributed by atoms with Crippen molar-refractivity contribution in [3.05, 3.63) is 111 Å². The molecule has 0 saturated carbocycles. The van der Waals surface area contributed by atoms with Crippen molar-refractivity contribution in [3.63, 3.8) is 0 Å². The van der Waals surface area contributed by atoms with Gasteiger partial charge in [-0.05, 0) is 58.5 Å². The maximum atomic E-state index is 12.7. The molecule has 0 aliphatic heterocycles.